The van der Waals surface area contributed by atoms with Gasteiger partial charge >= 0.3 is 6.18 Å². The summed E-state index contributed by atoms with van der Waals surface area (Å²) < 4.78 is 38.4. The molecule has 0 heterocycles. The topological polar surface area (TPSA) is 0 Å². The molecule has 16 heavy (non-hydrogen) atoms. The van der Waals surface area contributed by atoms with Gasteiger partial charge in [0.05, 0.1) is 5.41 Å². The monoisotopic (exact) mass is 230 g/mol. The third kappa shape index (κ3) is 2.57. The van der Waals surface area contributed by atoms with Crippen molar-refractivity contribution in [2.24, 2.45) is 10.8 Å². The predicted octanol–water partition coefficient (Wildman–Crippen LogP) is 4.65. The van der Waals surface area contributed by atoms with Gasteiger partial charge in [0.2, 0.25) is 0 Å². The standard InChI is InChI=1S/C13H17F3/c1-11(2,3)10-6-5-8-12(4,9-7-10)13(14,15)16/h5-9H,1-4H3. The number of hydrogen-bond donors (Lipinski definition) is 0. The zero-order valence-electron chi connectivity index (χ0n) is 10.0. The molecule has 1 unspecified atom stereocenters. The number of halogens is 3. The summed E-state index contributed by atoms with van der Waals surface area (Å²) >= 11 is 0. The molecule has 0 nitrogen and oxygen atoms in total. The third-order valence-electron chi connectivity index (χ3n) is 2.80. The van der Waals surface area contributed by atoms with Crippen molar-refractivity contribution in [1.82, 2.24) is 0 Å². The molecule has 0 saturated carbocycles. The first-order valence-corrected chi connectivity index (χ1v) is 5.22. The van der Waals surface area contributed by atoms with Crippen LogP contribution in [0, 0.1) is 10.8 Å². The summed E-state index contributed by atoms with van der Waals surface area (Å²) in [6, 6.07) is 0. The van der Waals surface area contributed by atoms with Crippen molar-refractivity contribution in [3.63, 3.8) is 0 Å². The van der Waals surface area contributed by atoms with E-state index in [4.69, 9.17) is 0 Å². The molecule has 0 spiro atoms. The molecule has 0 saturated heterocycles. The number of hydrogen-bond acceptors (Lipinski definition) is 0. The third-order valence-corrected chi connectivity index (χ3v) is 2.80. The lowest BCUT2D eigenvalue weighted by Gasteiger charge is -2.25. The summed E-state index contributed by atoms with van der Waals surface area (Å²) in [6.45, 7) is 7.12. The van der Waals surface area contributed by atoms with Crippen LogP contribution in [-0.4, -0.2) is 6.18 Å². The van der Waals surface area contributed by atoms with Gasteiger partial charge in [0.15, 0.2) is 0 Å². The minimum atomic E-state index is -4.25. The van der Waals surface area contributed by atoms with Gasteiger partial charge in [-0.2, -0.15) is 13.2 Å². The van der Waals surface area contributed by atoms with Crippen LogP contribution in [0.25, 0.3) is 0 Å². The first kappa shape index (κ1) is 13.1. The number of rotatable bonds is 0. The van der Waals surface area contributed by atoms with Crippen LogP contribution in [0.1, 0.15) is 27.7 Å². The molecule has 1 atom stereocenters. The van der Waals surface area contributed by atoms with E-state index in [0.29, 0.717) is 0 Å². The van der Waals surface area contributed by atoms with Crippen molar-refractivity contribution >= 4 is 0 Å². The Morgan fingerprint density at radius 2 is 1.62 bits per heavy atom. The molecule has 0 aromatic carbocycles. The predicted molar refractivity (Wildman–Crippen MR) is 60.0 cm³/mol. The van der Waals surface area contributed by atoms with Gasteiger partial charge in [0.25, 0.3) is 0 Å². The minimum absolute atomic E-state index is 0.141. The lowest BCUT2D eigenvalue weighted by atomic mass is 9.84. The summed E-state index contributed by atoms with van der Waals surface area (Å²) in [4.78, 5) is 0. The lowest BCUT2D eigenvalue weighted by Crippen LogP contribution is -2.31. The smallest absolute Gasteiger partial charge is 0.170 e. The van der Waals surface area contributed by atoms with E-state index < -0.39 is 11.6 Å². The summed E-state index contributed by atoms with van der Waals surface area (Å²) in [5.41, 5.74) is -1.11. The molecule has 1 aliphatic rings. The van der Waals surface area contributed by atoms with Gasteiger partial charge in [-0.3, -0.25) is 0 Å². The molecule has 1 rings (SSSR count). The number of alkyl halides is 3. The van der Waals surface area contributed by atoms with Crippen molar-refractivity contribution < 1.29 is 13.2 Å². The molecule has 0 aromatic heterocycles. The number of allylic oxidation sites excluding steroid dienone is 6. The van der Waals surface area contributed by atoms with E-state index >= 15 is 0 Å². The fraction of sp³-hybridized carbons (Fsp3) is 0.538. The Morgan fingerprint density at radius 3 is 2.06 bits per heavy atom. The Kier molecular flexibility index (Phi) is 3.10. The quantitative estimate of drug-likeness (QED) is 0.568. The first-order chi connectivity index (χ1) is 7.06. The molecule has 0 radical (unpaired) electrons. The van der Waals surface area contributed by atoms with E-state index in [2.05, 4.69) is 0 Å². The highest BCUT2D eigenvalue weighted by molar-refractivity contribution is 5.35. The Morgan fingerprint density at radius 1 is 1.06 bits per heavy atom. The van der Waals surface area contributed by atoms with E-state index in [1.54, 1.807) is 12.2 Å². The van der Waals surface area contributed by atoms with Crippen LogP contribution in [-0.2, 0) is 0 Å². The molecule has 0 aromatic rings. The van der Waals surface area contributed by atoms with Gasteiger partial charge in [-0.05, 0) is 17.9 Å². The molecule has 0 N–H and O–H groups in total. The fourth-order valence-electron chi connectivity index (χ4n) is 1.41. The average Bonchev–Trinajstić information content (AvgIpc) is 2.25. The highest BCUT2D eigenvalue weighted by Crippen LogP contribution is 2.42. The molecule has 0 aliphatic heterocycles. The van der Waals surface area contributed by atoms with Gasteiger partial charge in [0, 0.05) is 0 Å². The first-order valence-electron chi connectivity index (χ1n) is 5.22. The van der Waals surface area contributed by atoms with Crippen LogP contribution in [0.4, 0.5) is 13.2 Å². The fourth-order valence-corrected chi connectivity index (χ4v) is 1.41. The van der Waals surface area contributed by atoms with Crippen LogP contribution in [0.15, 0.2) is 36.0 Å². The normalized spacial score (nSPS) is 26.6. The molecule has 0 fully saturated rings. The van der Waals surface area contributed by atoms with E-state index in [1.165, 1.54) is 25.2 Å². The van der Waals surface area contributed by atoms with Gasteiger partial charge in [-0.15, -0.1) is 0 Å². The largest absolute Gasteiger partial charge is 0.400 e. The zero-order chi connectivity index (χ0) is 12.6. The summed E-state index contributed by atoms with van der Waals surface area (Å²) in [6.07, 6.45) is 2.99. The molecular formula is C13H17F3. The van der Waals surface area contributed by atoms with Crippen LogP contribution in [0.3, 0.4) is 0 Å². The Bertz CT molecular complexity index is 350. The molecule has 90 valence electrons. The van der Waals surface area contributed by atoms with Gasteiger partial charge < -0.3 is 0 Å². The van der Waals surface area contributed by atoms with Crippen molar-refractivity contribution in [3.05, 3.63) is 36.0 Å². The van der Waals surface area contributed by atoms with Crippen molar-refractivity contribution in [2.45, 2.75) is 33.9 Å². The van der Waals surface area contributed by atoms with E-state index in [1.807, 2.05) is 20.8 Å². The van der Waals surface area contributed by atoms with Crippen molar-refractivity contribution in [1.29, 1.82) is 0 Å². The van der Waals surface area contributed by atoms with Gasteiger partial charge in [-0.25, -0.2) is 0 Å². The molecular weight excluding hydrogens is 213 g/mol. The van der Waals surface area contributed by atoms with Crippen LogP contribution >= 0.6 is 0 Å². The lowest BCUT2D eigenvalue weighted by molar-refractivity contribution is -0.183. The second-order valence-corrected chi connectivity index (χ2v) is 5.34. The van der Waals surface area contributed by atoms with Crippen LogP contribution < -0.4 is 0 Å². The highest BCUT2D eigenvalue weighted by atomic mass is 19.4. The second-order valence-electron chi connectivity index (χ2n) is 5.34. The Labute approximate surface area is 94.5 Å². The summed E-state index contributed by atoms with van der Waals surface area (Å²) in [5, 5.41) is 0. The molecule has 1 aliphatic carbocycles. The molecule has 3 heteroatoms. The van der Waals surface area contributed by atoms with E-state index in [0.717, 1.165) is 5.57 Å². The average molecular weight is 230 g/mol. The molecule has 0 amide bonds. The summed E-state index contributed by atoms with van der Waals surface area (Å²) in [7, 11) is 0. The summed E-state index contributed by atoms with van der Waals surface area (Å²) in [5.74, 6) is 0. The van der Waals surface area contributed by atoms with E-state index in [-0.39, 0.29) is 5.41 Å². The Hall–Kier alpha value is -0.990. The minimum Gasteiger partial charge on any atom is -0.170 e. The van der Waals surface area contributed by atoms with E-state index in [9.17, 15) is 13.2 Å². The zero-order valence-corrected chi connectivity index (χ0v) is 10.0. The second kappa shape index (κ2) is 3.79. The highest BCUT2D eigenvalue weighted by Gasteiger charge is 2.47. The SMILES string of the molecule is CC(C)(C)C1=CC=CC(C)(C(F)(F)F)C=C1. The maximum Gasteiger partial charge on any atom is 0.400 e. The van der Waals surface area contributed by atoms with Crippen LogP contribution in [0.2, 0.25) is 0 Å². The van der Waals surface area contributed by atoms with Crippen molar-refractivity contribution in [3.8, 4) is 0 Å². The van der Waals surface area contributed by atoms with Gasteiger partial charge in [-0.1, -0.05) is 51.2 Å². The Balaban J connectivity index is 3.08. The van der Waals surface area contributed by atoms with Gasteiger partial charge in [0.1, 0.15) is 0 Å². The molecule has 0 bridgehead atoms. The maximum atomic E-state index is 12.8. The maximum absolute atomic E-state index is 12.8. The van der Waals surface area contributed by atoms with Crippen molar-refractivity contribution in [2.75, 3.05) is 0 Å². The van der Waals surface area contributed by atoms with Crippen LogP contribution in [0.5, 0.6) is 0 Å².